The number of hydrogen-bond donors (Lipinski definition) is 0. The summed E-state index contributed by atoms with van der Waals surface area (Å²) in [6.07, 6.45) is 4.46. The molecule has 0 aliphatic carbocycles. The summed E-state index contributed by atoms with van der Waals surface area (Å²) >= 11 is 3.21. The van der Waals surface area contributed by atoms with Crippen LogP contribution in [0.1, 0.15) is 16.9 Å². The zero-order valence-electron chi connectivity index (χ0n) is 17.0. The molecule has 1 saturated heterocycles. The van der Waals surface area contributed by atoms with Crippen molar-refractivity contribution in [3.05, 3.63) is 52.2 Å². The van der Waals surface area contributed by atoms with Gasteiger partial charge < -0.3 is 4.74 Å². The Morgan fingerprint density at radius 3 is 2.90 bits per heavy atom. The molecule has 0 bridgehead atoms. The molecule has 0 spiro atoms. The van der Waals surface area contributed by atoms with Crippen LogP contribution in [0, 0.1) is 6.92 Å². The molecule has 0 N–H and O–H groups in total. The van der Waals surface area contributed by atoms with Crippen LogP contribution in [0.15, 0.2) is 41.8 Å². The van der Waals surface area contributed by atoms with Crippen molar-refractivity contribution in [3.63, 3.8) is 0 Å². The molecule has 1 aromatic carbocycles. The average Bonchev–Trinajstić information content (AvgIpc) is 3.39. The first-order valence-corrected chi connectivity index (χ1v) is 11.6. The molecule has 2 aromatic heterocycles. The van der Waals surface area contributed by atoms with E-state index < -0.39 is 0 Å². The molecule has 30 heavy (non-hydrogen) atoms. The van der Waals surface area contributed by atoms with E-state index in [0.717, 1.165) is 59.5 Å². The topological polar surface area (TPSA) is 45.7 Å². The van der Waals surface area contributed by atoms with Gasteiger partial charge in [0.2, 0.25) is 0 Å². The molecule has 0 atom stereocenters. The summed E-state index contributed by atoms with van der Waals surface area (Å²) in [5.41, 5.74) is 2.15. The number of aryl methyl sites for hydroxylation is 1. The third-order valence-electron chi connectivity index (χ3n) is 4.92. The highest BCUT2D eigenvalue weighted by Gasteiger charge is 2.19. The average molecular weight is 464 g/mol. The quantitative estimate of drug-likeness (QED) is 0.469. The molecule has 0 unspecified atom stereocenters. The lowest BCUT2D eigenvalue weighted by Crippen LogP contribution is -2.39. The third-order valence-corrected chi connectivity index (χ3v) is 6.80. The van der Waals surface area contributed by atoms with Gasteiger partial charge in [-0.25, -0.2) is 4.98 Å². The number of benzene rings is 1. The molecule has 3 aromatic rings. The number of hydrogen-bond acceptors (Lipinski definition) is 6. The van der Waals surface area contributed by atoms with Crippen LogP contribution in [-0.4, -0.2) is 55.2 Å². The maximum atomic E-state index is 13.0. The first-order chi connectivity index (χ1) is 14.2. The highest BCUT2D eigenvalue weighted by Crippen LogP contribution is 2.30. The van der Waals surface area contributed by atoms with Crippen molar-refractivity contribution in [2.75, 3.05) is 44.3 Å². The van der Waals surface area contributed by atoms with Crippen molar-refractivity contribution in [1.82, 2.24) is 9.88 Å². The Kier molecular flexibility index (Phi) is 8.41. The van der Waals surface area contributed by atoms with E-state index in [0.29, 0.717) is 6.54 Å². The van der Waals surface area contributed by atoms with Gasteiger partial charge in [-0.05, 0) is 48.6 Å². The van der Waals surface area contributed by atoms with E-state index in [9.17, 15) is 4.79 Å². The summed E-state index contributed by atoms with van der Waals surface area (Å²) in [4.78, 5) is 23.1. The number of rotatable bonds is 7. The largest absolute Gasteiger partial charge is 0.379 e. The second kappa shape index (κ2) is 11.0. The van der Waals surface area contributed by atoms with Crippen LogP contribution in [0.2, 0.25) is 0 Å². The number of nitrogens with zero attached hydrogens (tertiary/aromatic N) is 3. The van der Waals surface area contributed by atoms with Gasteiger partial charge in [0.15, 0.2) is 5.13 Å². The van der Waals surface area contributed by atoms with Crippen molar-refractivity contribution < 1.29 is 9.53 Å². The lowest BCUT2D eigenvalue weighted by molar-refractivity contribution is -0.114. The van der Waals surface area contributed by atoms with Gasteiger partial charge in [-0.15, -0.1) is 23.7 Å². The minimum Gasteiger partial charge on any atom is -0.379 e. The Bertz CT molecular complexity index is 982. The Hall–Kier alpha value is -1.77. The van der Waals surface area contributed by atoms with E-state index in [1.165, 1.54) is 5.56 Å². The lowest BCUT2D eigenvalue weighted by atomic mass is 10.2. The molecule has 5 nitrogen and oxygen atoms in total. The van der Waals surface area contributed by atoms with Gasteiger partial charge in [0, 0.05) is 37.1 Å². The molecule has 1 aliphatic heterocycles. The van der Waals surface area contributed by atoms with Crippen molar-refractivity contribution in [2.24, 2.45) is 0 Å². The lowest BCUT2D eigenvalue weighted by Gasteiger charge is -2.27. The monoisotopic (exact) mass is 463 g/mol. The van der Waals surface area contributed by atoms with E-state index in [1.807, 2.05) is 34.6 Å². The summed E-state index contributed by atoms with van der Waals surface area (Å²) in [5, 5.41) is 2.79. The molecule has 1 aliphatic rings. The van der Waals surface area contributed by atoms with Crippen molar-refractivity contribution >= 4 is 62.4 Å². The fourth-order valence-electron chi connectivity index (χ4n) is 3.34. The maximum Gasteiger partial charge on any atom is 0.252 e. The van der Waals surface area contributed by atoms with Crippen LogP contribution in [0.4, 0.5) is 5.13 Å². The van der Waals surface area contributed by atoms with Gasteiger partial charge in [-0.3, -0.25) is 14.6 Å². The normalized spacial score (nSPS) is 14.8. The second-order valence-corrected chi connectivity index (χ2v) is 9.10. The number of anilines is 1. The second-order valence-electron chi connectivity index (χ2n) is 7.11. The summed E-state index contributed by atoms with van der Waals surface area (Å²) in [5.74, 6) is -0.0174. The van der Waals surface area contributed by atoms with Crippen LogP contribution >= 0.6 is 35.1 Å². The number of morpholine rings is 1. The minimum absolute atomic E-state index is 0. The van der Waals surface area contributed by atoms with Gasteiger partial charge in [-0.2, -0.15) is 0 Å². The predicted octanol–water partition coefficient (Wildman–Crippen LogP) is 4.86. The van der Waals surface area contributed by atoms with E-state index in [4.69, 9.17) is 9.72 Å². The molecular weight excluding hydrogens is 438 g/mol. The van der Waals surface area contributed by atoms with Gasteiger partial charge in [0.1, 0.15) is 0 Å². The first-order valence-electron chi connectivity index (χ1n) is 9.89. The van der Waals surface area contributed by atoms with Gasteiger partial charge in [0.05, 0.1) is 23.4 Å². The zero-order valence-corrected chi connectivity index (χ0v) is 19.4. The number of ether oxygens (including phenoxy) is 1. The summed E-state index contributed by atoms with van der Waals surface area (Å²) < 4.78 is 6.54. The Morgan fingerprint density at radius 1 is 1.30 bits per heavy atom. The van der Waals surface area contributed by atoms with Gasteiger partial charge >= 0.3 is 0 Å². The number of amides is 1. The molecule has 0 radical (unpaired) electrons. The number of thiophene rings is 1. The third kappa shape index (κ3) is 5.89. The molecule has 1 amide bonds. The first kappa shape index (κ1) is 22.9. The summed E-state index contributed by atoms with van der Waals surface area (Å²) in [6, 6.07) is 10.2. The van der Waals surface area contributed by atoms with E-state index in [-0.39, 0.29) is 18.3 Å². The van der Waals surface area contributed by atoms with Crippen molar-refractivity contribution in [3.8, 4) is 0 Å². The molecular formula is C22H26ClN3O2S2. The number of fused-ring (bicyclic) bond motifs is 1. The van der Waals surface area contributed by atoms with E-state index in [2.05, 4.69) is 24.0 Å². The van der Waals surface area contributed by atoms with Crippen LogP contribution in [0.3, 0.4) is 0 Å². The Morgan fingerprint density at radius 2 is 2.13 bits per heavy atom. The summed E-state index contributed by atoms with van der Waals surface area (Å²) in [6.45, 7) is 7.22. The van der Waals surface area contributed by atoms with Crippen molar-refractivity contribution in [2.45, 2.75) is 13.3 Å². The Balaban J connectivity index is 0.00000256. The number of halogens is 1. The molecule has 160 valence electrons. The minimum atomic E-state index is -0.0174. The highest BCUT2D eigenvalue weighted by molar-refractivity contribution is 7.22. The maximum absolute atomic E-state index is 13.0. The van der Waals surface area contributed by atoms with Crippen LogP contribution < -0.4 is 4.90 Å². The van der Waals surface area contributed by atoms with Gasteiger partial charge in [0.25, 0.3) is 5.91 Å². The number of carbonyl (C=O) groups is 1. The van der Waals surface area contributed by atoms with Crippen LogP contribution in [0.25, 0.3) is 16.3 Å². The zero-order chi connectivity index (χ0) is 20.1. The molecule has 8 heteroatoms. The predicted molar refractivity (Wildman–Crippen MR) is 129 cm³/mol. The Labute approximate surface area is 191 Å². The van der Waals surface area contributed by atoms with E-state index in [1.54, 1.807) is 28.7 Å². The van der Waals surface area contributed by atoms with Crippen LogP contribution in [-0.2, 0) is 9.53 Å². The number of thiazole rings is 1. The SMILES string of the molecule is Cc1ccc2nc(N(CCCN3CCOCC3)C(=O)/C=C/c3cccs3)sc2c1.Cl. The van der Waals surface area contributed by atoms with Gasteiger partial charge in [-0.1, -0.05) is 23.5 Å². The molecule has 4 rings (SSSR count). The molecule has 1 fully saturated rings. The number of aromatic nitrogens is 1. The molecule has 3 heterocycles. The fraction of sp³-hybridized carbons (Fsp3) is 0.364. The molecule has 0 saturated carbocycles. The van der Waals surface area contributed by atoms with E-state index >= 15 is 0 Å². The standard InChI is InChI=1S/C22H25N3O2S2.ClH/c1-17-5-7-19-20(16-17)29-22(23-19)25(10-3-9-24-11-13-27-14-12-24)21(26)8-6-18-4-2-15-28-18;/h2,4-8,15-16H,3,9-14H2,1H3;1H/b8-6+;. The van der Waals surface area contributed by atoms with Crippen LogP contribution in [0.5, 0.6) is 0 Å². The smallest absolute Gasteiger partial charge is 0.252 e. The summed E-state index contributed by atoms with van der Waals surface area (Å²) in [7, 11) is 0. The highest BCUT2D eigenvalue weighted by atomic mass is 35.5. The van der Waals surface area contributed by atoms with Crippen molar-refractivity contribution in [1.29, 1.82) is 0 Å². The number of carbonyl (C=O) groups excluding carboxylic acids is 1. The fourth-order valence-corrected chi connectivity index (χ4v) is 5.06.